The minimum atomic E-state index is -0.844. The fourth-order valence-corrected chi connectivity index (χ4v) is 2.14. The number of nitrogen functional groups attached to an aromatic ring is 1. The average Bonchev–Trinajstić information content (AvgIpc) is 2.61. The summed E-state index contributed by atoms with van der Waals surface area (Å²) in [5.74, 6) is 1.77. The number of anilines is 1. The van der Waals surface area contributed by atoms with Gasteiger partial charge in [-0.3, -0.25) is 4.21 Å². The summed E-state index contributed by atoms with van der Waals surface area (Å²) >= 11 is 0. The number of rotatable bonds is 4. The Kier molecular flexibility index (Phi) is 3.33. The van der Waals surface area contributed by atoms with E-state index in [1.54, 1.807) is 13.4 Å². The second kappa shape index (κ2) is 4.75. The Morgan fingerprint density at radius 3 is 2.94 bits per heavy atom. The first-order valence-corrected chi connectivity index (χ1v) is 6.94. The van der Waals surface area contributed by atoms with Gasteiger partial charge in [0.05, 0.1) is 18.1 Å². The quantitative estimate of drug-likeness (QED) is 0.882. The van der Waals surface area contributed by atoms with Crippen LogP contribution >= 0.6 is 0 Å². The molecule has 2 rings (SSSR count). The standard InChI is InChI=1S/C11H15N3O2S/c1-16-8-3-4-9-10(7-8)14(11(12)13-9)5-6-17(2)15/h3-4,7H,5-6H2,1-2H3,(H2,12,13). The first-order chi connectivity index (χ1) is 8.11. The van der Waals surface area contributed by atoms with Gasteiger partial charge in [-0.05, 0) is 12.1 Å². The van der Waals surface area contributed by atoms with Gasteiger partial charge in [-0.2, -0.15) is 0 Å². The maximum atomic E-state index is 11.1. The third-order valence-corrected chi connectivity index (χ3v) is 3.34. The summed E-state index contributed by atoms with van der Waals surface area (Å²) in [6.07, 6.45) is 1.68. The predicted octanol–water partition coefficient (Wildman–Crippen LogP) is 1.01. The number of fused-ring (bicyclic) bond motifs is 1. The Bertz CT molecular complexity index is 565. The van der Waals surface area contributed by atoms with Crippen molar-refractivity contribution in [1.82, 2.24) is 9.55 Å². The minimum absolute atomic E-state index is 0.443. The monoisotopic (exact) mass is 253 g/mol. The van der Waals surface area contributed by atoms with E-state index in [1.165, 1.54) is 0 Å². The lowest BCUT2D eigenvalue weighted by atomic mass is 10.3. The van der Waals surface area contributed by atoms with E-state index in [0.717, 1.165) is 16.8 Å². The van der Waals surface area contributed by atoms with E-state index in [4.69, 9.17) is 10.5 Å². The Labute approximate surface area is 102 Å². The summed E-state index contributed by atoms with van der Waals surface area (Å²) < 4.78 is 18.2. The molecule has 92 valence electrons. The third kappa shape index (κ3) is 2.41. The molecule has 1 unspecified atom stereocenters. The zero-order chi connectivity index (χ0) is 12.4. The van der Waals surface area contributed by atoms with Crippen LogP contribution in [0.5, 0.6) is 5.75 Å². The van der Waals surface area contributed by atoms with Crippen LogP contribution in [0.1, 0.15) is 0 Å². The number of imidazole rings is 1. The summed E-state index contributed by atoms with van der Waals surface area (Å²) in [6.45, 7) is 0.596. The molecule has 1 aromatic heterocycles. The van der Waals surface area contributed by atoms with Gasteiger partial charge in [0.1, 0.15) is 5.75 Å². The number of nitrogens with two attached hydrogens (primary N) is 1. The summed E-state index contributed by atoms with van der Waals surface area (Å²) in [6, 6.07) is 5.60. The van der Waals surface area contributed by atoms with Gasteiger partial charge in [0.2, 0.25) is 5.95 Å². The van der Waals surface area contributed by atoms with Crippen molar-refractivity contribution in [2.75, 3.05) is 24.9 Å². The molecule has 1 heterocycles. The third-order valence-electron chi connectivity index (χ3n) is 2.59. The molecule has 0 fully saturated rings. The van der Waals surface area contributed by atoms with Gasteiger partial charge in [0, 0.05) is 35.4 Å². The maximum absolute atomic E-state index is 11.1. The average molecular weight is 253 g/mol. The zero-order valence-corrected chi connectivity index (χ0v) is 10.7. The van der Waals surface area contributed by atoms with E-state index in [1.807, 2.05) is 22.8 Å². The van der Waals surface area contributed by atoms with E-state index in [-0.39, 0.29) is 0 Å². The molecule has 0 bridgehead atoms. The fraction of sp³-hybridized carbons (Fsp3) is 0.364. The van der Waals surface area contributed by atoms with Crippen LogP contribution in [-0.2, 0) is 17.3 Å². The molecule has 1 aromatic carbocycles. The largest absolute Gasteiger partial charge is 0.497 e. The van der Waals surface area contributed by atoms with Crippen molar-refractivity contribution < 1.29 is 8.95 Å². The smallest absolute Gasteiger partial charge is 0.201 e. The van der Waals surface area contributed by atoms with Crippen LogP contribution < -0.4 is 10.5 Å². The molecular weight excluding hydrogens is 238 g/mol. The van der Waals surface area contributed by atoms with Gasteiger partial charge < -0.3 is 15.0 Å². The lowest BCUT2D eigenvalue weighted by molar-refractivity contribution is 0.415. The van der Waals surface area contributed by atoms with Gasteiger partial charge in [-0.25, -0.2) is 4.98 Å². The van der Waals surface area contributed by atoms with E-state index in [2.05, 4.69) is 4.98 Å². The summed E-state index contributed by atoms with van der Waals surface area (Å²) in [4.78, 5) is 4.25. The molecule has 0 amide bonds. The molecule has 0 saturated carbocycles. The molecule has 0 saturated heterocycles. The van der Waals surface area contributed by atoms with Crippen molar-refractivity contribution >= 4 is 27.8 Å². The van der Waals surface area contributed by atoms with Crippen molar-refractivity contribution in [3.63, 3.8) is 0 Å². The van der Waals surface area contributed by atoms with E-state index >= 15 is 0 Å². The molecule has 1 atom stereocenters. The van der Waals surface area contributed by atoms with E-state index < -0.39 is 10.8 Å². The first-order valence-electron chi connectivity index (χ1n) is 5.21. The van der Waals surface area contributed by atoms with Gasteiger partial charge in [0.15, 0.2) is 0 Å². The van der Waals surface area contributed by atoms with Crippen molar-refractivity contribution in [3.05, 3.63) is 18.2 Å². The molecule has 0 radical (unpaired) electrons. The number of ether oxygens (including phenoxy) is 1. The maximum Gasteiger partial charge on any atom is 0.201 e. The van der Waals surface area contributed by atoms with Gasteiger partial charge in [-0.15, -0.1) is 0 Å². The molecule has 2 aromatic rings. The van der Waals surface area contributed by atoms with Crippen LogP contribution in [0.4, 0.5) is 5.95 Å². The Morgan fingerprint density at radius 1 is 1.53 bits per heavy atom. The normalized spacial score (nSPS) is 12.8. The molecule has 0 aliphatic carbocycles. The highest BCUT2D eigenvalue weighted by atomic mass is 32.2. The van der Waals surface area contributed by atoms with E-state index in [0.29, 0.717) is 18.2 Å². The molecule has 6 heteroatoms. The van der Waals surface area contributed by atoms with E-state index in [9.17, 15) is 4.21 Å². The van der Waals surface area contributed by atoms with Crippen molar-refractivity contribution in [2.24, 2.45) is 0 Å². The van der Waals surface area contributed by atoms with Crippen molar-refractivity contribution in [1.29, 1.82) is 0 Å². The van der Waals surface area contributed by atoms with Crippen LogP contribution in [0.15, 0.2) is 18.2 Å². The highest BCUT2D eigenvalue weighted by Crippen LogP contribution is 2.22. The summed E-state index contributed by atoms with van der Waals surface area (Å²) in [5.41, 5.74) is 7.58. The second-order valence-electron chi connectivity index (χ2n) is 3.75. The predicted molar refractivity (Wildman–Crippen MR) is 69.6 cm³/mol. The topological polar surface area (TPSA) is 70.1 Å². The first kappa shape index (κ1) is 11.9. The van der Waals surface area contributed by atoms with Crippen molar-refractivity contribution in [3.8, 4) is 5.75 Å². The number of hydrogen-bond donors (Lipinski definition) is 1. The molecule has 0 spiro atoms. The fourth-order valence-electron chi connectivity index (χ4n) is 1.70. The van der Waals surface area contributed by atoms with Crippen LogP contribution in [0, 0.1) is 0 Å². The van der Waals surface area contributed by atoms with Gasteiger partial charge >= 0.3 is 0 Å². The minimum Gasteiger partial charge on any atom is -0.497 e. The van der Waals surface area contributed by atoms with Crippen LogP contribution in [-0.4, -0.2) is 32.9 Å². The molecule has 5 nitrogen and oxygen atoms in total. The Morgan fingerprint density at radius 2 is 2.29 bits per heavy atom. The highest BCUT2D eigenvalue weighted by Gasteiger charge is 2.09. The molecule has 2 N–H and O–H groups in total. The second-order valence-corrected chi connectivity index (χ2v) is 5.31. The van der Waals surface area contributed by atoms with Crippen LogP contribution in [0.25, 0.3) is 11.0 Å². The molecular formula is C11H15N3O2S. The number of methoxy groups -OCH3 is 1. The number of hydrogen-bond acceptors (Lipinski definition) is 4. The summed E-state index contributed by atoms with van der Waals surface area (Å²) in [5, 5.41) is 0. The van der Waals surface area contributed by atoms with Gasteiger partial charge in [0.25, 0.3) is 0 Å². The van der Waals surface area contributed by atoms with Crippen molar-refractivity contribution in [2.45, 2.75) is 6.54 Å². The molecule has 0 aliphatic rings. The highest BCUT2D eigenvalue weighted by molar-refractivity contribution is 7.84. The number of nitrogens with zero attached hydrogens (tertiary/aromatic N) is 2. The molecule has 0 aliphatic heterocycles. The Balaban J connectivity index is 2.44. The number of aromatic nitrogens is 2. The lowest BCUT2D eigenvalue weighted by Gasteiger charge is -2.05. The SMILES string of the molecule is COc1ccc2nc(N)n(CCS(C)=O)c2c1. The zero-order valence-electron chi connectivity index (χ0n) is 9.84. The number of aryl methyl sites for hydroxylation is 1. The Hall–Kier alpha value is -1.56. The number of benzene rings is 1. The lowest BCUT2D eigenvalue weighted by Crippen LogP contribution is -2.09. The van der Waals surface area contributed by atoms with Crippen LogP contribution in [0.3, 0.4) is 0 Å². The van der Waals surface area contributed by atoms with Gasteiger partial charge in [-0.1, -0.05) is 0 Å². The molecule has 17 heavy (non-hydrogen) atoms. The summed E-state index contributed by atoms with van der Waals surface area (Å²) in [7, 11) is 0.773. The van der Waals surface area contributed by atoms with Crippen LogP contribution in [0.2, 0.25) is 0 Å².